The number of hydrogen-bond acceptors (Lipinski definition) is 3. The minimum atomic E-state index is 0.451. The monoisotopic (exact) mass is 272 g/mol. The number of aryl methyl sites for hydroxylation is 1. The summed E-state index contributed by atoms with van der Waals surface area (Å²) in [4.78, 5) is 4.84. The van der Waals surface area contributed by atoms with E-state index in [-0.39, 0.29) is 0 Å². The number of rotatable bonds is 5. The van der Waals surface area contributed by atoms with Crippen LogP contribution in [-0.4, -0.2) is 18.6 Å². The van der Waals surface area contributed by atoms with Crippen molar-refractivity contribution < 1.29 is 4.74 Å². The summed E-state index contributed by atoms with van der Waals surface area (Å²) in [6.45, 7) is 10.2. The van der Waals surface area contributed by atoms with E-state index in [1.807, 2.05) is 0 Å². The fourth-order valence-electron chi connectivity index (χ4n) is 2.82. The molecule has 20 heavy (non-hydrogen) atoms. The first-order valence-electron chi connectivity index (χ1n) is 7.25. The van der Waals surface area contributed by atoms with E-state index in [1.165, 1.54) is 16.6 Å². The Hall–Kier alpha value is -1.61. The summed E-state index contributed by atoms with van der Waals surface area (Å²) in [7, 11) is 1.72. The molecule has 0 unspecified atom stereocenters. The van der Waals surface area contributed by atoms with Crippen molar-refractivity contribution >= 4 is 16.6 Å². The van der Waals surface area contributed by atoms with E-state index < -0.39 is 0 Å². The lowest BCUT2D eigenvalue weighted by Crippen LogP contribution is -2.07. The summed E-state index contributed by atoms with van der Waals surface area (Å²) < 4.78 is 5.29. The highest BCUT2D eigenvalue weighted by Gasteiger charge is 2.16. The van der Waals surface area contributed by atoms with Crippen LogP contribution in [0.2, 0.25) is 0 Å². The third kappa shape index (κ3) is 2.63. The maximum atomic E-state index is 5.29. The van der Waals surface area contributed by atoms with Crippen LogP contribution in [0.25, 0.3) is 10.9 Å². The number of nitrogens with zero attached hydrogens (tertiary/aromatic N) is 1. The van der Waals surface area contributed by atoms with E-state index in [2.05, 4.69) is 51.2 Å². The zero-order valence-electron chi connectivity index (χ0n) is 13.1. The van der Waals surface area contributed by atoms with Gasteiger partial charge in [-0.15, -0.1) is 0 Å². The molecule has 1 aromatic carbocycles. The van der Waals surface area contributed by atoms with Crippen molar-refractivity contribution in [2.75, 3.05) is 19.0 Å². The molecule has 0 aliphatic heterocycles. The second kappa shape index (κ2) is 6.23. The van der Waals surface area contributed by atoms with Gasteiger partial charge >= 0.3 is 0 Å². The number of ether oxygens (including phenoxy) is 1. The van der Waals surface area contributed by atoms with Gasteiger partial charge in [0, 0.05) is 36.0 Å². The lowest BCUT2D eigenvalue weighted by molar-refractivity contribution is 0.186. The topological polar surface area (TPSA) is 34.2 Å². The van der Waals surface area contributed by atoms with Gasteiger partial charge in [0.1, 0.15) is 0 Å². The average molecular weight is 272 g/mol. The number of aromatic nitrogens is 1. The maximum Gasteiger partial charge on any atom is 0.0781 e. The van der Waals surface area contributed by atoms with Crippen molar-refractivity contribution in [2.24, 2.45) is 0 Å². The molecule has 0 radical (unpaired) electrons. The molecule has 2 rings (SSSR count). The Morgan fingerprint density at radius 2 is 2.05 bits per heavy atom. The van der Waals surface area contributed by atoms with Gasteiger partial charge in [0.25, 0.3) is 0 Å². The molecule has 0 saturated carbocycles. The molecule has 0 amide bonds. The van der Waals surface area contributed by atoms with Crippen LogP contribution < -0.4 is 5.32 Å². The molecule has 0 atom stereocenters. The molecular formula is C17H24N2O. The van der Waals surface area contributed by atoms with Crippen molar-refractivity contribution in [1.29, 1.82) is 0 Å². The van der Waals surface area contributed by atoms with E-state index in [0.29, 0.717) is 12.5 Å². The minimum Gasteiger partial charge on any atom is -0.384 e. The van der Waals surface area contributed by atoms with Gasteiger partial charge in [-0.25, -0.2) is 0 Å². The predicted molar refractivity (Wildman–Crippen MR) is 85.4 cm³/mol. The van der Waals surface area contributed by atoms with E-state index in [9.17, 15) is 0 Å². The molecule has 0 saturated heterocycles. The highest BCUT2D eigenvalue weighted by Crippen LogP contribution is 2.34. The Bertz CT molecular complexity index is 605. The third-order valence-electron chi connectivity index (χ3n) is 3.56. The van der Waals surface area contributed by atoms with Crippen LogP contribution in [0.5, 0.6) is 0 Å². The van der Waals surface area contributed by atoms with Gasteiger partial charge in [-0.1, -0.05) is 32.0 Å². The van der Waals surface area contributed by atoms with Crippen LogP contribution in [0.1, 0.15) is 43.5 Å². The molecule has 0 fully saturated rings. The first-order chi connectivity index (χ1) is 9.60. The summed E-state index contributed by atoms with van der Waals surface area (Å²) in [5.41, 5.74) is 5.83. The minimum absolute atomic E-state index is 0.451. The quantitative estimate of drug-likeness (QED) is 0.883. The number of nitrogens with one attached hydrogen (secondary N) is 1. The summed E-state index contributed by atoms with van der Waals surface area (Å²) in [5, 5.41) is 4.72. The Morgan fingerprint density at radius 3 is 2.65 bits per heavy atom. The maximum absolute atomic E-state index is 5.29. The first-order valence-corrected chi connectivity index (χ1v) is 7.25. The zero-order valence-corrected chi connectivity index (χ0v) is 13.1. The smallest absolute Gasteiger partial charge is 0.0781 e. The van der Waals surface area contributed by atoms with Gasteiger partial charge in [-0.3, -0.25) is 4.98 Å². The Kier molecular flexibility index (Phi) is 4.61. The van der Waals surface area contributed by atoms with Gasteiger partial charge in [-0.2, -0.15) is 0 Å². The molecule has 0 aliphatic carbocycles. The molecular weight excluding hydrogens is 248 g/mol. The average Bonchev–Trinajstić information content (AvgIpc) is 2.40. The molecule has 0 spiro atoms. The second-order valence-electron chi connectivity index (χ2n) is 5.42. The standard InChI is InChI=1S/C17H24N2O/c1-6-18-17-14-9-7-8-13(10-20-5)16(14)19-12(4)15(17)11(2)3/h7-9,11H,6,10H2,1-5H3,(H,18,19). The number of hydrogen-bond donors (Lipinski definition) is 1. The number of fused-ring (bicyclic) bond motifs is 1. The normalized spacial score (nSPS) is 11.3. The largest absolute Gasteiger partial charge is 0.384 e. The van der Waals surface area contributed by atoms with Crippen molar-refractivity contribution in [3.63, 3.8) is 0 Å². The van der Waals surface area contributed by atoms with Crippen LogP contribution in [0.15, 0.2) is 18.2 Å². The van der Waals surface area contributed by atoms with E-state index >= 15 is 0 Å². The first kappa shape index (κ1) is 14.8. The number of para-hydroxylation sites is 1. The van der Waals surface area contributed by atoms with Crippen LogP contribution >= 0.6 is 0 Å². The fourth-order valence-corrected chi connectivity index (χ4v) is 2.82. The Morgan fingerprint density at radius 1 is 1.30 bits per heavy atom. The summed E-state index contributed by atoms with van der Waals surface area (Å²) in [6, 6.07) is 6.31. The van der Waals surface area contributed by atoms with Gasteiger partial charge in [0.15, 0.2) is 0 Å². The third-order valence-corrected chi connectivity index (χ3v) is 3.56. The molecule has 108 valence electrons. The molecule has 0 bridgehead atoms. The van der Waals surface area contributed by atoms with E-state index in [4.69, 9.17) is 9.72 Å². The number of benzene rings is 1. The van der Waals surface area contributed by atoms with Gasteiger partial charge in [0.05, 0.1) is 12.1 Å². The second-order valence-corrected chi connectivity index (χ2v) is 5.42. The lowest BCUT2D eigenvalue weighted by atomic mass is 9.95. The van der Waals surface area contributed by atoms with Crippen LogP contribution in [0, 0.1) is 6.92 Å². The summed E-state index contributed by atoms with van der Waals surface area (Å²) in [6.07, 6.45) is 0. The van der Waals surface area contributed by atoms with Crippen molar-refractivity contribution in [3.05, 3.63) is 35.0 Å². The summed E-state index contributed by atoms with van der Waals surface area (Å²) >= 11 is 0. The summed E-state index contributed by atoms with van der Waals surface area (Å²) in [5.74, 6) is 0.451. The van der Waals surface area contributed by atoms with Crippen LogP contribution in [0.4, 0.5) is 5.69 Å². The number of methoxy groups -OCH3 is 1. The SMILES string of the molecule is CCNc1c(C(C)C)c(C)nc2c(COC)cccc12. The van der Waals surface area contributed by atoms with Crippen molar-refractivity contribution in [1.82, 2.24) is 4.98 Å². The molecule has 1 heterocycles. The predicted octanol–water partition coefficient (Wildman–Crippen LogP) is 4.24. The molecule has 1 aromatic heterocycles. The number of anilines is 1. The van der Waals surface area contributed by atoms with Gasteiger partial charge in [0.2, 0.25) is 0 Å². The molecule has 1 N–H and O–H groups in total. The molecule has 0 aliphatic rings. The molecule has 3 heteroatoms. The Balaban J connectivity index is 2.78. The van der Waals surface area contributed by atoms with Crippen LogP contribution in [0.3, 0.4) is 0 Å². The van der Waals surface area contributed by atoms with Crippen molar-refractivity contribution in [3.8, 4) is 0 Å². The highest BCUT2D eigenvalue weighted by molar-refractivity contribution is 5.95. The molecule has 2 aromatic rings. The van der Waals surface area contributed by atoms with E-state index in [1.54, 1.807) is 7.11 Å². The van der Waals surface area contributed by atoms with E-state index in [0.717, 1.165) is 23.3 Å². The fraction of sp³-hybridized carbons (Fsp3) is 0.471. The number of pyridine rings is 1. The highest BCUT2D eigenvalue weighted by atomic mass is 16.5. The lowest BCUT2D eigenvalue weighted by Gasteiger charge is -2.20. The molecule has 3 nitrogen and oxygen atoms in total. The Labute approximate surface area is 121 Å². The van der Waals surface area contributed by atoms with Crippen LogP contribution in [-0.2, 0) is 11.3 Å². The van der Waals surface area contributed by atoms with Gasteiger partial charge in [-0.05, 0) is 25.3 Å². The van der Waals surface area contributed by atoms with Crippen molar-refractivity contribution in [2.45, 2.75) is 40.2 Å². The zero-order chi connectivity index (χ0) is 14.7. The van der Waals surface area contributed by atoms with Gasteiger partial charge < -0.3 is 10.1 Å².